The van der Waals surface area contributed by atoms with Crippen LogP contribution in [0.1, 0.15) is 51.9 Å². The Labute approximate surface area is 205 Å². The highest BCUT2D eigenvalue weighted by atomic mass is 35.5. The second kappa shape index (κ2) is 9.34. The molecule has 1 spiro atoms. The van der Waals surface area contributed by atoms with E-state index in [1.54, 1.807) is 29.2 Å². The predicted molar refractivity (Wildman–Crippen MR) is 129 cm³/mol. The Morgan fingerprint density at radius 1 is 1.15 bits per heavy atom. The number of hydrogen-bond donors (Lipinski definition) is 2. The van der Waals surface area contributed by atoms with Crippen LogP contribution in [0.25, 0.3) is 0 Å². The van der Waals surface area contributed by atoms with Crippen molar-refractivity contribution in [3.05, 3.63) is 41.4 Å². The number of anilines is 1. The second-order valence-electron chi connectivity index (χ2n) is 9.93. The molecule has 1 aromatic carbocycles. The SMILES string of the molecule is CCCCN1C(=O)[C@H]2[C@H](C(=O)Nc3ccc(Cl)cc3)[C@H]3C=C[C@@]2(O3)[C@H]1C(=O)NC1CCCCC1. The minimum atomic E-state index is -1.10. The average molecular weight is 486 g/mol. The van der Waals surface area contributed by atoms with E-state index in [9.17, 15) is 14.4 Å². The molecule has 34 heavy (non-hydrogen) atoms. The molecule has 0 radical (unpaired) electrons. The van der Waals surface area contributed by atoms with Crippen LogP contribution < -0.4 is 10.6 Å². The number of hydrogen-bond acceptors (Lipinski definition) is 4. The van der Waals surface area contributed by atoms with Crippen molar-refractivity contribution in [1.29, 1.82) is 0 Å². The van der Waals surface area contributed by atoms with Crippen LogP contribution in [0.4, 0.5) is 5.69 Å². The number of likely N-dealkylation sites (tertiary alicyclic amines) is 1. The Hall–Kier alpha value is -2.38. The zero-order valence-corrected chi connectivity index (χ0v) is 20.2. The van der Waals surface area contributed by atoms with Crippen molar-refractivity contribution in [2.45, 2.75) is 75.7 Å². The average Bonchev–Trinajstić information content (AvgIpc) is 3.47. The first kappa shape index (κ1) is 23.4. The summed E-state index contributed by atoms with van der Waals surface area (Å²) in [7, 11) is 0. The van der Waals surface area contributed by atoms with E-state index in [0.717, 1.165) is 38.5 Å². The summed E-state index contributed by atoms with van der Waals surface area (Å²) in [5.74, 6) is -2.01. The van der Waals surface area contributed by atoms with Crippen LogP contribution in [0, 0.1) is 11.8 Å². The topological polar surface area (TPSA) is 87.7 Å². The molecule has 5 atom stereocenters. The van der Waals surface area contributed by atoms with Gasteiger partial charge in [0.1, 0.15) is 11.6 Å². The number of rotatable bonds is 7. The highest BCUT2D eigenvalue weighted by molar-refractivity contribution is 6.30. The van der Waals surface area contributed by atoms with Crippen molar-refractivity contribution in [1.82, 2.24) is 10.2 Å². The van der Waals surface area contributed by atoms with Crippen LogP contribution in [0.2, 0.25) is 5.02 Å². The van der Waals surface area contributed by atoms with Crippen LogP contribution in [0.15, 0.2) is 36.4 Å². The lowest BCUT2D eigenvalue weighted by Crippen LogP contribution is -2.56. The number of ether oxygens (including phenoxy) is 1. The molecule has 2 bridgehead atoms. The minimum absolute atomic E-state index is 0.131. The second-order valence-corrected chi connectivity index (χ2v) is 10.4. The third kappa shape index (κ3) is 3.93. The molecule has 3 heterocycles. The molecule has 2 N–H and O–H groups in total. The van der Waals surface area contributed by atoms with E-state index in [2.05, 4.69) is 17.6 Å². The molecule has 3 fully saturated rings. The number of nitrogens with one attached hydrogen (secondary N) is 2. The lowest BCUT2D eigenvalue weighted by Gasteiger charge is -2.34. The van der Waals surface area contributed by atoms with E-state index in [-0.39, 0.29) is 23.8 Å². The fraction of sp³-hybridized carbons (Fsp3) is 0.577. The maximum absolute atomic E-state index is 13.7. The molecule has 4 aliphatic rings. The zero-order chi connectivity index (χ0) is 23.9. The summed E-state index contributed by atoms with van der Waals surface area (Å²) < 4.78 is 6.36. The molecular formula is C26H32ClN3O4. The van der Waals surface area contributed by atoms with E-state index in [1.807, 2.05) is 12.2 Å². The van der Waals surface area contributed by atoms with E-state index < -0.39 is 29.6 Å². The van der Waals surface area contributed by atoms with Gasteiger partial charge in [-0.2, -0.15) is 0 Å². The van der Waals surface area contributed by atoms with E-state index >= 15 is 0 Å². The number of halogens is 1. The first-order chi connectivity index (χ1) is 16.4. The molecule has 3 amide bonds. The van der Waals surface area contributed by atoms with Gasteiger partial charge >= 0.3 is 0 Å². The molecule has 0 unspecified atom stereocenters. The maximum Gasteiger partial charge on any atom is 0.246 e. The first-order valence-electron chi connectivity index (χ1n) is 12.5. The van der Waals surface area contributed by atoms with Crippen LogP contribution in [-0.2, 0) is 19.1 Å². The summed E-state index contributed by atoms with van der Waals surface area (Å²) in [5, 5.41) is 6.69. The van der Waals surface area contributed by atoms with E-state index in [1.165, 1.54) is 6.42 Å². The fourth-order valence-corrected chi connectivity index (χ4v) is 6.25. The van der Waals surface area contributed by atoms with E-state index in [4.69, 9.17) is 16.3 Å². The van der Waals surface area contributed by atoms with Crippen LogP contribution in [-0.4, -0.2) is 53.0 Å². The number of carbonyl (C=O) groups is 3. The molecule has 1 aromatic rings. The highest BCUT2D eigenvalue weighted by Gasteiger charge is 2.72. The maximum atomic E-state index is 13.7. The number of carbonyl (C=O) groups excluding carboxylic acids is 3. The van der Waals surface area contributed by atoms with Crippen LogP contribution >= 0.6 is 11.6 Å². The summed E-state index contributed by atoms with van der Waals surface area (Å²) in [6, 6.07) is 6.23. The normalized spacial score (nSPS) is 32.2. The van der Waals surface area contributed by atoms with Gasteiger partial charge < -0.3 is 20.3 Å². The summed E-state index contributed by atoms with van der Waals surface area (Å²) >= 11 is 5.96. The molecular weight excluding hydrogens is 454 g/mol. The van der Waals surface area contributed by atoms with Crippen LogP contribution in [0.3, 0.4) is 0 Å². The molecule has 8 heteroatoms. The van der Waals surface area contributed by atoms with Gasteiger partial charge in [-0.1, -0.05) is 56.4 Å². The molecule has 7 nitrogen and oxygen atoms in total. The van der Waals surface area contributed by atoms with Crippen molar-refractivity contribution >= 4 is 35.0 Å². The standard InChI is InChI=1S/C26H32ClN3O4/c1-2-3-15-30-22(24(32)29-17-7-5-4-6-8-17)26-14-13-19(34-26)20(21(26)25(30)33)23(31)28-18-11-9-16(27)10-12-18/h9-14,17,19-22H,2-8,15H2,1H3,(H,28,31)(H,29,32)/t19-,20-,21-,22-,26+/m1/s1. The van der Waals surface area contributed by atoms with Gasteiger partial charge in [0.05, 0.1) is 17.9 Å². The molecule has 0 aromatic heterocycles. The van der Waals surface area contributed by atoms with Gasteiger partial charge in [-0.25, -0.2) is 0 Å². The van der Waals surface area contributed by atoms with Crippen molar-refractivity contribution < 1.29 is 19.1 Å². The summed E-state index contributed by atoms with van der Waals surface area (Å²) in [6.45, 7) is 2.53. The number of amides is 3. The molecule has 2 saturated heterocycles. The molecule has 5 rings (SSSR count). The summed E-state index contributed by atoms with van der Waals surface area (Å²) in [6.07, 6.45) is 10.2. The Morgan fingerprint density at radius 3 is 2.59 bits per heavy atom. The number of benzene rings is 1. The lowest BCUT2D eigenvalue weighted by molar-refractivity contribution is -0.141. The summed E-state index contributed by atoms with van der Waals surface area (Å²) in [4.78, 5) is 42.4. The van der Waals surface area contributed by atoms with Gasteiger partial charge in [0.15, 0.2) is 0 Å². The van der Waals surface area contributed by atoms with Crippen molar-refractivity contribution in [3.63, 3.8) is 0 Å². The largest absolute Gasteiger partial charge is 0.359 e. The molecule has 3 aliphatic heterocycles. The minimum Gasteiger partial charge on any atom is -0.359 e. The van der Waals surface area contributed by atoms with Gasteiger partial charge in [-0.05, 0) is 43.5 Å². The Morgan fingerprint density at radius 2 is 1.88 bits per heavy atom. The monoisotopic (exact) mass is 485 g/mol. The third-order valence-electron chi connectivity index (χ3n) is 7.74. The molecule has 182 valence electrons. The molecule has 1 saturated carbocycles. The Balaban J connectivity index is 1.42. The van der Waals surface area contributed by atoms with Gasteiger partial charge in [0, 0.05) is 23.3 Å². The number of unbranched alkanes of at least 4 members (excludes halogenated alkanes) is 1. The van der Waals surface area contributed by atoms with Crippen LogP contribution in [0.5, 0.6) is 0 Å². The predicted octanol–water partition coefficient (Wildman–Crippen LogP) is 3.68. The first-order valence-corrected chi connectivity index (χ1v) is 12.9. The lowest BCUT2D eigenvalue weighted by atomic mass is 9.74. The third-order valence-corrected chi connectivity index (χ3v) is 7.99. The van der Waals surface area contributed by atoms with Gasteiger partial charge in [-0.3, -0.25) is 14.4 Å². The highest BCUT2D eigenvalue weighted by Crippen LogP contribution is 2.55. The van der Waals surface area contributed by atoms with Crippen molar-refractivity contribution in [2.24, 2.45) is 11.8 Å². The quantitative estimate of drug-likeness (QED) is 0.577. The van der Waals surface area contributed by atoms with Gasteiger partial charge in [0.2, 0.25) is 17.7 Å². The fourth-order valence-electron chi connectivity index (χ4n) is 6.12. The van der Waals surface area contributed by atoms with Gasteiger partial charge in [0.25, 0.3) is 0 Å². The van der Waals surface area contributed by atoms with Crippen molar-refractivity contribution in [3.8, 4) is 0 Å². The Bertz CT molecular complexity index is 990. The smallest absolute Gasteiger partial charge is 0.246 e. The molecule has 1 aliphatic carbocycles. The summed E-state index contributed by atoms with van der Waals surface area (Å²) in [5.41, 5.74) is -0.494. The van der Waals surface area contributed by atoms with Gasteiger partial charge in [-0.15, -0.1) is 0 Å². The zero-order valence-electron chi connectivity index (χ0n) is 19.5. The van der Waals surface area contributed by atoms with Crippen molar-refractivity contribution in [2.75, 3.05) is 11.9 Å². The number of nitrogens with zero attached hydrogens (tertiary/aromatic N) is 1. The van der Waals surface area contributed by atoms with E-state index in [0.29, 0.717) is 17.3 Å². The number of fused-ring (bicyclic) bond motifs is 1. The Kier molecular flexibility index (Phi) is 6.42.